The van der Waals surface area contributed by atoms with Crippen molar-refractivity contribution < 1.29 is 0 Å². The Morgan fingerprint density at radius 2 is 2.05 bits per heavy atom. The summed E-state index contributed by atoms with van der Waals surface area (Å²) in [6.07, 6.45) is 2.20. The van der Waals surface area contributed by atoms with E-state index in [4.69, 9.17) is 28.9 Å². The Bertz CT molecular complexity index is 591. The number of aromatic nitrogens is 2. The lowest BCUT2D eigenvalue weighted by atomic mass is 10.1. The molecule has 1 aromatic heterocycles. The number of rotatable bonds is 4. The van der Waals surface area contributed by atoms with Crippen molar-refractivity contribution in [1.29, 1.82) is 0 Å². The molecule has 0 saturated carbocycles. The van der Waals surface area contributed by atoms with Gasteiger partial charge < -0.3 is 10.3 Å². The van der Waals surface area contributed by atoms with Crippen LogP contribution in [0.3, 0.4) is 0 Å². The maximum atomic E-state index is 6.21. The molecule has 3 nitrogen and oxygen atoms in total. The molecule has 2 N–H and O–H groups in total. The van der Waals surface area contributed by atoms with Crippen LogP contribution in [-0.4, -0.2) is 9.55 Å². The predicted molar refractivity (Wildman–Crippen MR) is 81.7 cm³/mol. The third-order valence-electron chi connectivity index (χ3n) is 3.12. The monoisotopic (exact) mass is 297 g/mol. The third-order valence-corrected chi connectivity index (χ3v) is 3.67. The summed E-state index contributed by atoms with van der Waals surface area (Å²) in [4.78, 5) is 4.53. The van der Waals surface area contributed by atoms with Crippen LogP contribution < -0.4 is 5.73 Å². The SMILES string of the molecule is CCCCn1c(C)nc(-c2ccc(Cl)cc2Cl)c1N. The van der Waals surface area contributed by atoms with Gasteiger partial charge in [0, 0.05) is 17.1 Å². The number of unbranched alkanes of at least 4 members (excludes halogenated alkanes) is 1. The lowest BCUT2D eigenvalue weighted by Crippen LogP contribution is -2.04. The van der Waals surface area contributed by atoms with Crippen molar-refractivity contribution in [2.75, 3.05) is 5.73 Å². The Morgan fingerprint density at radius 3 is 2.68 bits per heavy atom. The minimum atomic E-state index is 0.569. The van der Waals surface area contributed by atoms with E-state index in [1.165, 1.54) is 0 Å². The Hall–Kier alpha value is -1.19. The Morgan fingerprint density at radius 1 is 1.32 bits per heavy atom. The molecule has 0 atom stereocenters. The number of hydrogen-bond acceptors (Lipinski definition) is 2. The van der Waals surface area contributed by atoms with Gasteiger partial charge in [-0.2, -0.15) is 0 Å². The second-order valence-electron chi connectivity index (χ2n) is 4.52. The fourth-order valence-corrected chi connectivity index (χ4v) is 2.56. The van der Waals surface area contributed by atoms with E-state index in [-0.39, 0.29) is 0 Å². The fourth-order valence-electron chi connectivity index (χ4n) is 2.06. The van der Waals surface area contributed by atoms with Crippen molar-refractivity contribution in [3.05, 3.63) is 34.1 Å². The molecule has 0 saturated heterocycles. The van der Waals surface area contributed by atoms with Gasteiger partial charge in [0.15, 0.2) is 0 Å². The number of nitrogens with zero attached hydrogens (tertiary/aromatic N) is 2. The molecule has 102 valence electrons. The van der Waals surface area contributed by atoms with Gasteiger partial charge in [-0.25, -0.2) is 4.98 Å². The molecule has 0 bridgehead atoms. The molecule has 19 heavy (non-hydrogen) atoms. The van der Waals surface area contributed by atoms with E-state index < -0.39 is 0 Å². The van der Waals surface area contributed by atoms with Crippen LogP contribution in [0.1, 0.15) is 25.6 Å². The van der Waals surface area contributed by atoms with Crippen molar-refractivity contribution >= 4 is 29.0 Å². The second kappa shape index (κ2) is 5.85. The molecular weight excluding hydrogens is 281 g/mol. The van der Waals surface area contributed by atoms with Crippen LogP contribution in [0.25, 0.3) is 11.3 Å². The summed E-state index contributed by atoms with van der Waals surface area (Å²) in [6, 6.07) is 5.36. The maximum absolute atomic E-state index is 6.21. The zero-order valence-electron chi connectivity index (χ0n) is 11.1. The van der Waals surface area contributed by atoms with E-state index in [0.717, 1.165) is 36.5 Å². The number of halogens is 2. The van der Waals surface area contributed by atoms with E-state index in [2.05, 4.69) is 11.9 Å². The lowest BCUT2D eigenvalue weighted by Gasteiger charge is -2.07. The lowest BCUT2D eigenvalue weighted by molar-refractivity contribution is 0.622. The van der Waals surface area contributed by atoms with Crippen molar-refractivity contribution in [2.24, 2.45) is 0 Å². The average molecular weight is 298 g/mol. The first-order valence-corrected chi connectivity index (χ1v) is 7.08. The van der Waals surface area contributed by atoms with Crippen LogP contribution in [0, 0.1) is 6.92 Å². The number of nitrogens with two attached hydrogens (primary N) is 1. The van der Waals surface area contributed by atoms with Gasteiger partial charge in [-0.1, -0.05) is 36.5 Å². The van der Waals surface area contributed by atoms with Crippen LogP contribution in [-0.2, 0) is 6.54 Å². The molecule has 2 aromatic rings. The molecule has 0 amide bonds. The van der Waals surface area contributed by atoms with E-state index in [1.54, 1.807) is 12.1 Å². The summed E-state index contributed by atoms with van der Waals surface area (Å²) in [7, 11) is 0. The summed E-state index contributed by atoms with van der Waals surface area (Å²) in [6.45, 7) is 4.99. The number of aryl methyl sites for hydroxylation is 1. The second-order valence-corrected chi connectivity index (χ2v) is 5.37. The van der Waals surface area contributed by atoms with E-state index >= 15 is 0 Å². The summed E-state index contributed by atoms with van der Waals surface area (Å²) in [5.74, 6) is 1.57. The fraction of sp³-hybridized carbons (Fsp3) is 0.357. The molecule has 0 radical (unpaired) electrons. The van der Waals surface area contributed by atoms with Gasteiger partial charge in [0.05, 0.1) is 5.02 Å². The van der Waals surface area contributed by atoms with Crippen LogP contribution in [0.4, 0.5) is 5.82 Å². The first-order chi connectivity index (χ1) is 9.04. The summed E-state index contributed by atoms with van der Waals surface area (Å²) >= 11 is 12.1. The van der Waals surface area contributed by atoms with Crippen molar-refractivity contribution in [3.8, 4) is 11.3 Å². The summed E-state index contributed by atoms with van der Waals surface area (Å²) in [5, 5.41) is 1.17. The van der Waals surface area contributed by atoms with Gasteiger partial charge in [-0.3, -0.25) is 0 Å². The summed E-state index contributed by atoms with van der Waals surface area (Å²) < 4.78 is 2.03. The van der Waals surface area contributed by atoms with E-state index in [0.29, 0.717) is 15.9 Å². The van der Waals surface area contributed by atoms with Gasteiger partial charge in [0.1, 0.15) is 17.3 Å². The van der Waals surface area contributed by atoms with E-state index in [9.17, 15) is 0 Å². The Balaban J connectivity index is 2.45. The Labute approximate surface area is 123 Å². The van der Waals surface area contributed by atoms with Crippen LogP contribution in [0.2, 0.25) is 10.0 Å². The maximum Gasteiger partial charge on any atom is 0.131 e. The van der Waals surface area contributed by atoms with Crippen molar-refractivity contribution in [2.45, 2.75) is 33.2 Å². The van der Waals surface area contributed by atoms with Gasteiger partial charge in [0.2, 0.25) is 0 Å². The van der Waals surface area contributed by atoms with Crippen LogP contribution >= 0.6 is 23.2 Å². The minimum absolute atomic E-state index is 0.569. The number of anilines is 1. The highest BCUT2D eigenvalue weighted by Gasteiger charge is 2.15. The zero-order valence-corrected chi connectivity index (χ0v) is 12.6. The predicted octanol–water partition coefficient (Wildman–Crippen LogP) is 4.55. The number of imidazole rings is 1. The van der Waals surface area contributed by atoms with Gasteiger partial charge in [0.25, 0.3) is 0 Å². The molecule has 0 fully saturated rings. The van der Waals surface area contributed by atoms with Gasteiger partial charge in [-0.15, -0.1) is 0 Å². The van der Waals surface area contributed by atoms with Gasteiger partial charge >= 0.3 is 0 Å². The molecule has 1 aromatic carbocycles. The number of nitrogen functional groups attached to an aromatic ring is 1. The smallest absolute Gasteiger partial charge is 0.131 e. The molecule has 0 unspecified atom stereocenters. The zero-order chi connectivity index (χ0) is 14.0. The van der Waals surface area contributed by atoms with Crippen LogP contribution in [0.15, 0.2) is 18.2 Å². The molecular formula is C14H17Cl2N3. The molecule has 0 aliphatic carbocycles. The number of benzene rings is 1. The molecule has 1 heterocycles. The molecule has 5 heteroatoms. The third kappa shape index (κ3) is 2.88. The van der Waals surface area contributed by atoms with Crippen molar-refractivity contribution in [3.63, 3.8) is 0 Å². The highest BCUT2D eigenvalue weighted by molar-refractivity contribution is 6.36. The molecule has 0 spiro atoms. The van der Waals surface area contributed by atoms with Crippen molar-refractivity contribution in [1.82, 2.24) is 9.55 Å². The highest BCUT2D eigenvalue weighted by Crippen LogP contribution is 2.33. The average Bonchev–Trinajstić information content (AvgIpc) is 2.63. The first kappa shape index (κ1) is 14.2. The quantitative estimate of drug-likeness (QED) is 0.900. The topological polar surface area (TPSA) is 43.8 Å². The van der Waals surface area contributed by atoms with Crippen LogP contribution in [0.5, 0.6) is 0 Å². The molecule has 2 rings (SSSR count). The summed E-state index contributed by atoms with van der Waals surface area (Å²) in [5.41, 5.74) is 7.75. The highest BCUT2D eigenvalue weighted by atomic mass is 35.5. The number of hydrogen-bond donors (Lipinski definition) is 1. The minimum Gasteiger partial charge on any atom is -0.383 e. The largest absolute Gasteiger partial charge is 0.383 e. The molecule has 0 aliphatic heterocycles. The van der Waals surface area contributed by atoms with E-state index in [1.807, 2.05) is 17.6 Å². The molecule has 0 aliphatic rings. The Kier molecular flexibility index (Phi) is 4.38. The standard InChI is InChI=1S/C14H17Cl2N3/c1-3-4-7-19-9(2)18-13(14(19)17)11-6-5-10(15)8-12(11)16/h5-6,8H,3-4,7,17H2,1-2H3. The van der Waals surface area contributed by atoms with Gasteiger partial charge in [-0.05, 0) is 31.5 Å². The normalized spacial score (nSPS) is 10.9. The first-order valence-electron chi connectivity index (χ1n) is 6.32.